The lowest BCUT2D eigenvalue weighted by Gasteiger charge is -2.22. The van der Waals surface area contributed by atoms with Crippen molar-refractivity contribution in [2.24, 2.45) is 4.99 Å². The maximum absolute atomic E-state index is 13.0. The van der Waals surface area contributed by atoms with Crippen LogP contribution < -0.4 is 5.32 Å². The van der Waals surface area contributed by atoms with E-state index in [1.54, 1.807) is 68.7 Å². The number of aromatic nitrogens is 1. The highest BCUT2D eigenvalue weighted by Gasteiger charge is 2.36. The van der Waals surface area contributed by atoms with Crippen LogP contribution in [0, 0.1) is 10.1 Å². The molecule has 1 aliphatic heterocycles. The third-order valence-electron chi connectivity index (χ3n) is 5.84. The van der Waals surface area contributed by atoms with E-state index in [1.807, 2.05) is 0 Å². The van der Waals surface area contributed by atoms with Gasteiger partial charge in [0.1, 0.15) is 5.92 Å². The van der Waals surface area contributed by atoms with Gasteiger partial charge in [0.25, 0.3) is 5.69 Å². The Labute approximate surface area is 195 Å². The quantitative estimate of drug-likeness (QED) is 0.254. The normalized spacial score (nSPS) is 15.4. The van der Waals surface area contributed by atoms with Crippen molar-refractivity contribution in [3.05, 3.63) is 93.8 Å². The van der Waals surface area contributed by atoms with Crippen molar-refractivity contribution >= 4 is 34.7 Å². The summed E-state index contributed by atoms with van der Waals surface area (Å²) < 4.78 is 4.90. The minimum atomic E-state index is -0.831. The number of benzene rings is 2. The fraction of sp³-hybridized carbons (Fsp3) is 0.200. The third kappa shape index (κ3) is 4.15. The van der Waals surface area contributed by atoms with Gasteiger partial charge in [0.15, 0.2) is 0 Å². The van der Waals surface area contributed by atoms with Crippen LogP contribution in [0.4, 0.5) is 17.1 Å². The number of hydrogen-bond acceptors (Lipinski definition) is 7. The number of rotatable bonds is 6. The van der Waals surface area contributed by atoms with Gasteiger partial charge in [-0.3, -0.25) is 29.7 Å². The molecule has 0 aliphatic carbocycles. The number of nitrogens with one attached hydrogen (secondary N) is 1. The van der Waals surface area contributed by atoms with Gasteiger partial charge in [-0.05, 0) is 49.2 Å². The zero-order chi connectivity index (χ0) is 24.5. The molecular formula is C25H22N4O5. The van der Waals surface area contributed by atoms with Crippen molar-refractivity contribution in [3.8, 4) is 0 Å². The van der Waals surface area contributed by atoms with E-state index in [2.05, 4.69) is 10.3 Å². The summed E-state index contributed by atoms with van der Waals surface area (Å²) in [5.74, 6) is -1.46. The molecule has 1 atom stereocenters. The number of nitrogens with zero attached hydrogens (tertiary/aromatic N) is 3. The van der Waals surface area contributed by atoms with Crippen molar-refractivity contribution in [1.82, 2.24) is 4.98 Å². The van der Waals surface area contributed by atoms with E-state index in [0.29, 0.717) is 28.2 Å². The molecule has 0 bridgehead atoms. The van der Waals surface area contributed by atoms with E-state index in [1.165, 1.54) is 19.2 Å². The van der Waals surface area contributed by atoms with Gasteiger partial charge in [-0.2, -0.15) is 0 Å². The fourth-order valence-electron chi connectivity index (χ4n) is 3.91. The summed E-state index contributed by atoms with van der Waals surface area (Å²) in [5, 5.41) is 13.9. The summed E-state index contributed by atoms with van der Waals surface area (Å²) in [4.78, 5) is 44.7. The molecule has 9 nitrogen and oxygen atoms in total. The monoisotopic (exact) mass is 458 g/mol. The van der Waals surface area contributed by atoms with Crippen LogP contribution in [-0.2, 0) is 19.7 Å². The highest BCUT2D eigenvalue weighted by Crippen LogP contribution is 2.38. The number of amides is 1. The summed E-state index contributed by atoms with van der Waals surface area (Å²) in [6.45, 7) is 3.55. The van der Waals surface area contributed by atoms with E-state index in [4.69, 9.17) is 9.73 Å². The SMILES string of the molecule is COC(=O)C(C)(C)c1ccc(N=C(c2cccnc2)C2C(=O)Nc3cc([N+](=O)[O-])ccc32)cc1. The van der Waals surface area contributed by atoms with Crippen molar-refractivity contribution in [2.45, 2.75) is 25.2 Å². The molecule has 0 fully saturated rings. The summed E-state index contributed by atoms with van der Waals surface area (Å²) in [5.41, 5.74) is 2.48. The summed E-state index contributed by atoms with van der Waals surface area (Å²) in [6.07, 6.45) is 3.24. The van der Waals surface area contributed by atoms with E-state index >= 15 is 0 Å². The standard InChI is InChI=1S/C25H22N4O5/c1-25(2,24(31)34-3)16-6-8-17(9-7-16)27-22(15-5-4-12-26-14-15)21-19-11-10-18(29(32)33)13-20(19)28-23(21)30/h4-14,21H,1-3H3,(H,28,30). The Hall–Kier alpha value is -4.40. The van der Waals surface area contributed by atoms with Crippen LogP contribution in [0.5, 0.6) is 0 Å². The Morgan fingerprint density at radius 2 is 1.91 bits per heavy atom. The van der Waals surface area contributed by atoms with Gasteiger partial charge in [-0.1, -0.05) is 18.2 Å². The molecular weight excluding hydrogens is 436 g/mol. The average molecular weight is 458 g/mol. The van der Waals surface area contributed by atoms with Crippen molar-refractivity contribution in [3.63, 3.8) is 0 Å². The molecule has 2 aromatic carbocycles. The zero-order valence-electron chi connectivity index (χ0n) is 18.8. The molecule has 1 unspecified atom stereocenters. The number of non-ortho nitro benzene ring substituents is 1. The van der Waals surface area contributed by atoms with Gasteiger partial charge in [0.2, 0.25) is 5.91 Å². The molecule has 34 heavy (non-hydrogen) atoms. The fourth-order valence-corrected chi connectivity index (χ4v) is 3.91. The Bertz CT molecular complexity index is 1300. The summed E-state index contributed by atoms with van der Waals surface area (Å²) >= 11 is 0. The van der Waals surface area contributed by atoms with Gasteiger partial charge < -0.3 is 10.1 Å². The maximum atomic E-state index is 13.0. The molecule has 3 aromatic rings. The molecule has 0 radical (unpaired) electrons. The van der Waals surface area contributed by atoms with Crippen LogP contribution in [0.25, 0.3) is 0 Å². The first-order valence-corrected chi connectivity index (χ1v) is 10.5. The van der Waals surface area contributed by atoms with Crippen LogP contribution in [0.2, 0.25) is 0 Å². The molecule has 2 heterocycles. The van der Waals surface area contributed by atoms with Crippen LogP contribution in [-0.4, -0.2) is 34.6 Å². The number of carbonyl (C=O) groups excluding carboxylic acids is 2. The number of ether oxygens (including phenoxy) is 1. The molecule has 1 N–H and O–H groups in total. The number of esters is 1. The number of carbonyl (C=O) groups is 2. The van der Waals surface area contributed by atoms with Crippen molar-refractivity contribution in [2.75, 3.05) is 12.4 Å². The minimum Gasteiger partial charge on any atom is -0.468 e. The second-order valence-corrected chi connectivity index (χ2v) is 8.35. The van der Waals surface area contributed by atoms with Crippen LogP contribution in [0.1, 0.15) is 36.5 Å². The largest absolute Gasteiger partial charge is 0.468 e. The lowest BCUT2D eigenvalue weighted by atomic mass is 9.84. The third-order valence-corrected chi connectivity index (χ3v) is 5.84. The van der Waals surface area contributed by atoms with Gasteiger partial charge in [-0.15, -0.1) is 0 Å². The second-order valence-electron chi connectivity index (χ2n) is 8.35. The smallest absolute Gasteiger partial charge is 0.315 e. The van der Waals surface area contributed by atoms with E-state index < -0.39 is 16.3 Å². The van der Waals surface area contributed by atoms with E-state index in [0.717, 1.165) is 5.56 Å². The second kappa shape index (κ2) is 8.86. The van der Waals surface area contributed by atoms with E-state index in [9.17, 15) is 19.7 Å². The number of aliphatic imine (C=N–C) groups is 1. The predicted octanol–water partition coefficient (Wildman–Crippen LogP) is 4.30. The predicted molar refractivity (Wildman–Crippen MR) is 126 cm³/mol. The zero-order valence-corrected chi connectivity index (χ0v) is 18.8. The summed E-state index contributed by atoms with van der Waals surface area (Å²) in [6, 6.07) is 15.0. The highest BCUT2D eigenvalue weighted by molar-refractivity contribution is 6.24. The van der Waals surface area contributed by atoms with Gasteiger partial charge in [-0.25, -0.2) is 0 Å². The topological polar surface area (TPSA) is 124 Å². The molecule has 0 spiro atoms. The van der Waals surface area contributed by atoms with Crippen LogP contribution in [0.3, 0.4) is 0 Å². The summed E-state index contributed by atoms with van der Waals surface area (Å²) in [7, 11) is 1.35. The number of nitro groups is 1. The van der Waals surface area contributed by atoms with Crippen molar-refractivity contribution < 1.29 is 19.2 Å². The number of nitro benzene ring substituents is 1. The first kappa shape index (κ1) is 22.8. The lowest BCUT2D eigenvalue weighted by Crippen LogP contribution is -2.30. The van der Waals surface area contributed by atoms with Crippen LogP contribution in [0.15, 0.2) is 72.0 Å². The van der Waals surface area contributed by atoms with Crippen molar-refractivity contribution in [1.29, 1.82) is 0 Å². The Kier molecular flexibility index (Phi) is 5.93. The number of fused-ring (bicyclic) bond motifs is 1. The molecule has 1 aliphatic rings. The Balaban J connectivity index is 1.78. The highest BCUT2D eigenvalue weighted by atomic mass is 16.6. The number of hydrogen-bond donors (Lipinski definition) is 1. The number of pyridine rings is 1. The Morgan fingerprint density at radius 1 is 1.18 bits per heavy atom. The molecule has 0 saturated heterocycles. The molecule has 1 aromatic heterocycles. The van der Waals surface area contributed by atoms with Gasteiger partial charge in [0, 0.05) is 30.1 Å². The lowest BCUT2D eigenvalue weighted by molar-refractivity contribution is -0.384. The molecule has 1 amide bonds. The number of anilines is 1. The molecule has 4 rings (SSSR count). The van der Waals surface area contributed by atoms with Crippen LogP contribution >= 0.6 is 0 Å². The molecule has 172 valence electrons. The minimum absolute atomic E-state index is 0.108. The number of methoxy groups -OCH3 is 1. The van der Waals surface area contributed by atoms with Gasteiger partial charge in [0.05, 0.1) is 34.5 Å². The Morgan fingerprint density at radius 3 is 2.53 bits per heavy atom. The van der Waals surface area contributed by atoms with E-state index in [-0.39, 0.29) is 17.6 Å². The molecule has 9 heteroatoms. The first-order chi connectivity index (χ1) is 16.2. The molecule has 0 saturated carbocycles. The first-order valence-electron chi connectivity index (χ1n) is 10.5. The average Bonchev–Trinajstić information content (AvgIpc) is 3.17. The van der Waals surface area contributed by atoms with Gasteiger partial charge >= 0.3 is 5.97 Å². The maximum Gasteiger partial charge on any atom is 0.315 e.